The van der Waals surface area contributed by atoms with Gasteiger partial charge in [0.25, 0.3) is 0 Å². The fourth-order valence-corrected chi connectivity index (χ4v) is 2.24. The zero-order valence-electron chi connectivity index (χ0n) is 11.2. The molecule has 3 unspecified atom stereocenters. The lowest BCUT2D eigenvalue weighted by Crippen LogP contribution is -2.42. The summed E-state index contributed by atoms with van der Waals surface area (Å²) in [6.07, 6.45) is 6.30. The van der Waals surface area contributed by atoms with Crippen LogP contribution < -0.4 is 0 Å². The summed E-state index contributed by atoms with van der Waals surface area (Å²) in [5.74, 6) is -0.937. The lowest BCUT2D eigenvalue weighted by molar-refractivity contribution is -0.154. The summed E-state index contributed by atoms with van der Waals surface area (Å²) in [6.45, 7) is 3.15. The minimum atomic E-state index is -1.32. The predicted octanol–water partition coefficient (Wildman–Crippen LogP) is 2.13. The van der Waals surface area contributed by atoms with E-state index in [2.05, 4.69) is 5.92 Å². The first kappa shape index (κ1) is 17.0. The molecule has 0 rings (SSSR count). The number of hydrogen-bond donors (Lipinski definition) is 2. The van der Waals surface area contributed by atoms with Gasteiger partial charge in [0, 0.05) is 12.3 Å². The Bertz CT molecular complexity index is 396. The van der Waals surface area contributed by atoms with Gasteiger partial charge in [0.1, 0.15) is 0 Å². The molecule has 0 aliphatic heterocycles. The van der Waals surface area contributed by atoms with Crippen molar-refractivity contribution in [1.29, 1.82) is 5.26 Å². The predicted molar refractivity (Wildman–Crippen MR) is 68.9 cm³/mol. The SMILES string of the molecule is C#CC(C)C(CCCCC(=O)O)(C(=O)O)C(C)C#N. The van der Waals surface area contributed by atoms with Gasteiger partial charge in [-0.25, -0.2) is 0 Å². The molecule has 0 bridgehead atoms. The Balaban J connectivity index is 5.05. The van der Waals surface area contributed by atoms with Crippen LogP contribution in [-0.2, 0) is 9.59 Å². The Labute approximate surface area is 113 Å². The maximum atomic E-state index is 11.6. The zero-order chi connectivity index (χ0) is 15.1. The van der Waals surface area contributed by atoms with Gasteiger partial charge < -0.3 is 10.2 Å². The highest BCUT2D eigenvalue weighted by molar-refractivity contribution is 5.76. The third-order valence-corrected chi connectivity index (χ3v) is 3.62. The van der Waals surface area contributed by atoms with E-state index in [-0.39, 0.29) is 12.8 Å². The second-order valence-electron chi connectivity index (χ2n) is 4.69. The van der Waals surface area contributed by atoms with Crippen LogP contribution in [0.15, 0.2) is 0 Å². The van der Waals surface area contributed by atoms with E-state index in [4.69, 9.17) is 16.8 Å². The van der Waals surface area contributed by atoms with Gasteiger partial charge in [-0.15, -0.1) is 12.3 Å². The number of aliphatic carboxylic acids is 2. The molecule has 104 valence electrons. The van der Waals surface area contributed by atoms with Crippen molar-refractivity contribution in [1.82, 2.24) is 0 Å². The summed E-state index contributed by atoms with van der Waals surface area (Å²) in [5, 5.41) is 27.1. The van der Waals surface area contributed by atoms with Crippen molar-refractivity contribution >= 4 is 11.9 Å². The Morgan fingerprint density at radius 2 is 1.84 bits per heavy atom. The maximum absolute atomic E-state index is 11.6. The molecule has 5 heteroatoms. The molecule has 0 aliphatic carbocycles. The molecule has 2 N–H and O–H groups in total. The lowest BCUT2D eigenvalue weighted by Gasteiger charge is -2.34. The van der Waals surface area contributed by atoms with Crippen LogP contribution in [0.25, 0.3) is 0 Å². The van der Waals surface area contributed by atoms with Gasteiger partial charge in [0.15, 0.2) is 0 Å². The summed E-state index contributed by atoms with van der Waals surface area (Å²) in [4.78, 5) is 22.0. The topological polar surface area (TPSA) is 98.4 Å². The molecular formula is C14H19NO4. The second-order valence-corrected chi connectivity index (χ2v) is 4.69. The first-order valence-corrected chi connectivity index (χ1v) is 6.13. The van der Waals surface area contributed by atoms with E-state index < -0.39 is 29.2 Å². The van der Waals surface area contributed by atoms with E-state index in [0.29, 0.717) is 12.8 Å². The third-order valence-electron chi connectivity index (χ3n) is 3.62. The van der Waals surface area contributed by atoms with Crippen LogP contribution in [0.2, 0.25) is 0 Å². The molecule has 0 heterocycles. The van der Waals surface area contributed by atoms with Crippen LogP contribution in [-0.4, -0.2) is 22.2 Å². The quantitative estimate of drug-likeness (QED) is 0.517. The monoisotopic (exact) mass is 265 g/mol. The Morgan fingerprint density at radius 3 is 2.21 bits per heavy atom. The number of carbonyl (C=O) groups is 2. The van der Waals surface area contributed by atoms with E-state index in [1.807, 2.05) is 6.07 Å². The third kappa shape index (κ3) is 3.99. The standard InChI is InChI=1S/C14H19NO4/c1-4-10(2)14(13(18)19,11(3)9-15)8-6-5-7-12(16)17/h1,10-11H,5-8H2,2-3H3,(H,16,17)(H,18,19). The fourth-order valence-electron chi connectivity index (χ4n) is 2.24. The molecule has 0 radical (unpaired) electrons. The first-order valence-electron chi connectivity index (χ1n) is 6.13. The van der Waals surface area contributed by atoms with Crippen LogP contribution in [0.4, 0.5) is 0 Å². The van der Waals surface area contributed by atoms with Crippen molar-refractivity contribution < 1.29 is 19.8 Å². The van der Waals surface area contributed by atoms with Gasteiger partial charge in [-0.3, -0.25) is 9.59 Å². The van der Waals surface area contributed by atoms with Crippen molar-refractivity contribution in [2.75, 3.05) is 0 Å². The average molecular weight is 265 g/mol. The van der Waals surface area contributed by atoms with E-state index in [1.165, 1.54) is 0 Å². The number of unbranched alkanes of at least 4 members (excludes halogenated alkanes) is 1. The molecular weight excluding hydrogens is 246 g/mol. The number of rotatable bonds is 8. The number of carboxylic acids is 2. The first-order chi connectivity index (χ1) is 8.82. The van der Waals surface area contributed by atoms with Gasteiger partial charge in [-0.1, -0.05) is 13.3 Å². The summed E-state index contributed by atoms with van der Waals surface area (Å²) in [5.41, 5.74) is -1.32. The number of hydrogen-bond acceptors (Lipinski definition) is 3. The van der Waals surface area contributed by atoms with Gasteiger partial charge in [0.2, 0.25) is 0 Å². The highest BCUT2D eigenvalue weighted by Crippen LogP contribution is 2.41. The molecule has 0 amide bonds. The number of carboxylic acid groups (broad SMARTS) is 2. The lowest BCUT2D eigenvalue weighted by atomic mass is 9.65. The van der Waals surface area contributed by atoms with Crippen LogP contribution >= 0.6 is 0 Å². The summed E-state index contributed by atoms with van der Waals surface area (Å²) < 4.78 is 0. The number of terminal acetylenes is 1. The highest BCUT2D eigenvalue weighted by atomic mass is 16.4. The molecule has 0 fully saturated rings. The molecule has 0 saturated carbocycles. The minimum Gasteiger partial charge on any atom is -0.481 e. The van der Waals surface area contributed by atoms with E-state index in [0.717, 1.165) is 0 Å². The molecule has 0 aromatic carbocycles. The van der Waals surface area contributed by atoms with Crippen molar-refractivity contribution in [2.24, 2.45) is 17.3 Å². The van der Waals surface area contributed by atoms with E-state index >= 15 is 0 Å². The van der Waals surface area contributed by atoms with E-state index in [1.54, 1.807) is 13.8 Å². The van der Waals surface area contributed by atoms with Crippen molar-refractivity contribution in [3.63, 3.8) is 0 Å². The molecule has 0 aromatic rings. The fraction of sp³-hybridized carbons (Fsp3) is 0.643. The average Bonchev–Trinajstić information content (AvgIpc) is 2.36. The summed E-state index contributed by atoms with van der Waals surface area (Å²) in [7, 11) is 0. The van der Waals surface area contributed by atoms with Crippen molar-refractivity contribution in [2.45, 2.75) is 39.5 Å². The van der Waals surface area contributed by atoms with Gasteiger partial charge >= 0.3 is 11.9 Å². The van der Waals surface area contributed by atoms with Crippen LogP contribution in [0.1, 0.15) is 39.5 Å². The summed E-state index contributed by atoms with van der Waals surface area (Å²) in [6, 6.07) is 1.96. The highest BCUT2D eigenvalue weighted by Gasteiger charge is 2.47. The van der Waals surface area contributed by atoms with Crippen molar-refractivity contribution in [3.05, 3.63) is 0 Å². The molecule has 0 aliphatic rings. The largest absolute Gasteiger partial charge is 0.481 e. The number of nitriles is 1. The molecule has 3 atom stereocenters. The molecule has 0 saturated heterocycles. The van der Waals surface area contributed by atoms with Crippen LogP contribution in [0.3, 0.4) is 0 Å². The Hall–Kier alpha value is -2.01. The van der Waals surface area contributed by atoms with Crippen LogP contribution in [0, 0.1) is 40.9 Å². The molecule has 0 spiro atoms. The van der Waals surface area contributed by atoms with Gasteiger partial charge in [0.05, 0.1) is 17.4 Å². The van der Waals surface area contributed by atoms with E-state index in [9.17, 15) is 14.7 Å². The maximum Gasteiger partial charge on any atom is 0.312 e. The minimum absolute atomic E-state index is 0.0128. The van der Waals surface area contributed by atoms with Gasteiger partial charge in [-0.05, 0) is 19.8 Å². The van der Waals surface area contributed by atoms with Crippen LogP contribution in [0.5, 0.6) is 0 Å². The Kier molecular flexibility index (Phi) is 6.64. The normalized spacial score (nSPS) is 16.4. The Morgan fingerprint density at radius 1 is 1.26 bits per heavy atom. The smallest absolute Gasteiger partial charge is 0.312 e. The molecule has 5 nitrogen and oxygen atoms in total. The molecule has 19 heavy (non-hydrogen) atoms. The number of nitrogens with zero attached hydrogens (tertiary/aromatic N) is 1. The summed E-state index contributed by atoms with van der Waals surface area (Å²) >= 11 is 0. The second kappa shape index (κ2) is 7.43. The van der Waals surface area contributed by atoms with Crippen molar-refractivity contribution in [3.8, 4) is 18.4 Å². The van der Waals surface area contributed by atoms with Gasteiger partial charge in [-0.2, -0.15) is 5.26 Å². The zero-order valence-corrected chi connectivity index (χ0v) is 11.2. The molecule has 0 aromatic heterocycles.